The summed E-state index contributed by atoms with van der Waals surface area (Å²) in [5, 5.41) is 0. The zero-order valence-corrected chi connectivity index (χ0v) is 9.90. The molecule has 5 heavy (non-hydrogen) atoms. The summed E-state index contributed by atoms with van der Waals surface area (Å²) >= 11 is 0. The standard InChI is InChI=1S/3Ca.2H2N/h;;;2*1H2/q;;+2;2*-1. The molecule has 0 spiro atoms. The topological polar surface area (TPSA) is 67.0 Å². The molecule has 0 aromatic heterocycles. The van der Waals surface area contributed by atoms with E-state index >= 15 is 0 Å². The molecule has 0 aliphatic carbocycles. The molecule has 0 bridgehead atoms. The first-order valence-corrected chi connectivity index (χ1v) is 0. The van der Waals surface area contributed by atoms with Crippen LogP contribution in [0.5, 0.6) is 0 Å². The Labute approximate surface area is 122 Å². The van der Waals surface area contributed by atoms with Crippen LogP contribution < -0.4 is 0 Å². The molecule has 0 saturated carbocycles. The summed E-state index contributed by atoms with van der Waals surface area (Å²) in [6, 6.07) is 0. The van der Waals surface area contributed by atoms with Gasteiger partial charge in [0.2, 0.25) is 0 Å². The molecule has 5 heteroatoms. The first kappa shape index (κ1) is 37.7. The third kappa shape index (κ3) is 18.3. The van der Waals surface area contributed by atoms with Crippen LogP contribution in [0.1, 0.15) is 0 Å². The zero-order valence-electron chi connectivity index (χ0n) is 3.28. The third-order valence-electron chi connectivity index (χ3n) is 0. The van der Waals surface area contributed by atoms with Gasteiger partial charge in [0.25, 0.3) is 0 Å². The fourth-order valence-electron chi connectivity index (χ4n) is 0. The molecular weight excluding hydrogens is 148 g/mol. The SMILES string of the molecule is [Ca+2].[Ca].[Ca].[NH2-].[NH2-]. The van der Waals surface area contributed by atoms with Gasteiger partial charge >= 0.3 is 37.7 Å². The Morgan fingerprint density at radius 3 is 0.600 bits per heavy atom. The molecular formula is H4Ca3N2. The van der Waals surface area contributed by atoms with Crippen LogP contribution in [0.25, 0.3) is 12.3 Å². The summed E-state index contributed by atoms with van der Waals surface area (Å²) in [5.41, 5.74) is 0. The van der Waals surface area contributed by atoms with Gasteiger partial charge in [0, 0.05) is 75.5 Å². The number of hydrogen-bond acceptors (Lipinski definition) is 0. The first-order valence-electron chi connectivity index (χ1n) is 0. The predicted molar refractivity (Wildman–Crippen MR) is 27.8 cm³/mol. The van der Waals surface area contributed by atoms with Crippen LogP contribution >= 0.6 is 0 Å². The van der Waals surface area contributed by atoms with Crippen molar-refractivity contribution >= 4 is 113 Å². The van der Waals surface area contributed by atoms with Crippen molar-refractivity contribution in [1.82, 2.24) is 0 Å². The first-order chi connectivity index (χ1) is 0. The Morgan fingerprint density at radius 1 is 0.600 bits per heavy atom. The van der Waals surface area contributed by atoms with Crippen molar-refractivity contribution in [2.24, 2.45) is 0 Å². The minimum absolute atomic E-state index is 0. The molecule has 0 aliphatic heterocycles. The maximum Gasteiger partial charge on any atom is 2.00 e. The average molecular weight is 152 g/mol. The van der Waals surface area contributed by atoms with E-state index in [1.807, 2.05) is 0 Å². The molecule has 0 amide bonds. The van der Waals surface area contributed by atoms with Crippen LogP contribution in [0.3, 0.4) is 0 Å². The van der Waals surface area contributed by atoms with Gasteiger partial charge in [-0.1, -0.05) is 0 Å². The second-order valence-electron chi connectivity index (χ2n) is 0. The fourth-order valence-corrected chi connectivity index (χ4v) is 0. The second-order valence-corrected chi connectivity index (χ2v) is 0. The molecule has 0 atom stereocenters. The minimum Gasteiger partial charge on any atom is -0.693 e. The Balaban J connectivity index is 0. The van der Waals surface area contributed by atoms with Gasteiger partial charge in [-0.25, -0.2) is 0 Å². The third-order valence-corrected chi connectivity index (χ3v) is 0. The van der Waals surface area contributed by atoms with Crippen LogP contribution in [0.15, 0.2) is 0 Å². The van der Waals surface area contributed by atoms with Crippen LogP contribution in [0.2, 0.25) is 0 Å². The predicted octanol–water partition coefficient (Wildman–Crippen LogP) is 0.292. The summed E-state index contributed by atoms with van der Waals surface area (Å²) < 4.78 is 0. The van der Waals surface area contributed by atoms with Crippen LogP contribution in [0.4, 0.5) is 0 Å². The Bertz CT molecular complexity index is 4.85. The number of nitrogens with two attached hydrogens (primary N) is 2. The monoisotopic (exact) mass is 152 g/mol. The van der Waals surface area contributed by atoms with Crippen molar-refractivity contribution in [2.45, 2.75) is 0 Å². The van der Waals surface area contributed by atoms with Crippen molar-refractivity contribution in [3.63, 3.8) is 0 Å². The average Bonchev–Trinajstić information content (AvgIpc) is 0. The van der Waals surface area contributed by atoms with Gasteiger partial charge in [-0.2, -0.15) is 0 Å². The summed E-state index contributed by atoms with van der Waals surface area (Å²) in [4.78, 5) is 0. The summed E-state index contributed by atoms with van der Waals surface area (Å²) in [6.45, 7) is 0. The van der Waals surface area contributed by atoms with Gasteiger partial charge in [-0.05, 0) is 0 Å². The van der Waals surface area contributed by atoms with E-state index in [0.29, 0.717) is 0 Å². The maximum atomic E-state index is 0. The molecule has 2 nitrogen and oxygen atoms in total. The van der Waals surface area contributed by atoms with E-state index in [0.717, 1.165) is 0 Å². The fraction of sp³-hybridized carbons (Fsp3) is 0. The molecule has 0 aromatic carbocycles. The van der Waals surface area contributed by atoms with E-state index in [-0.39, 0.29) is 126 Å². The van der Waals surface area contributed by atoms with Crippen LogP contribution in [-0.4, -0.2) is 113 Å². The van der Waals surface area contributed by atoms with Crippen LogP contribution in [-0.2, 0) is 0 Å². The smallest absolute Gasteiger partial charge is 0.693 e. The molecule has 0 aromatic rings. The molecule has 0 unspecified atom stereocenters. The van der Waals surface area contributed by atoms with Gasteiger partial charge in [-0.15, -0.1) is 0 Å². The van der Waals surface area contributed by atoms with Gasteiger partial charge in [0.05, 0.1) is 0 Å². The summed E-state index contributed by atoms with van der Waals surface area (Å²) in [5.74, 6) is 0. The van der Waals surface area contributed by atoms with Gasteiger partial charge in [0.15, 0.2) is 0 Å². The second kappa shape index (κ2) is 25.3. The van der Waals surface area contributed by atoms with E-state index in [9.17, 15) is 0 Å². The molecule has 4 radical (unpaired) electrons. The van der Waals surface area contributed by atoms with E-state index in [1.165, 1.54) is 0 Å². The van der Waals surface area contributed by atoms with E-state index in [4.69, 9.17) is 0 Å². The molecule has 0 saturated heterocycles. The van der Waals surface area contributed by atoms with Crippen molar-refractivity contribution in [3.8, 4) is 0 Å². The van der Waals surface area contributed by atoms with E-state index < -0.39 is 0 Å². The Morgan fingerprint density at radius 2 is 0.600 bits per heavy atom. The molecule has 0 aliphatic rings. The number of hydrogen-bond donors (Lipinski definition) is 0. The minimum atomic E-state index is 0. The van der Waals surface area contributed by atoms with E-state index in [2.05, 4.69) is 0 Å². The largest absolute Gasteiger partial charge is 2.00 e. The molecule has 20 valence electrons. The van der Waals surface area contributed by atoms with Gasteiger partial charge in [-0.3, -0.25) is 0 Å². The quantitative estimate of drug-likeness (QED) is 0.448. The Kier molecular flexibility index (Phi) is 190. The molecule has 0 rings (SSSR count). The van der Waals surface area contributed by atoms with Crippen molar-refractivity contribution in [2.75, 3.05) is 0 Å². The van der Waals surface area contributed by atoms with Gasteiger partial charge in [0.1, 0.15) is 0 Å². The van der Waals surface area contributed by atoms with Crippen molar-refractivity contribution in [1.29, 1.82) is 0 Å². The molecule has 0 heterocycles. The van der Waals surface area contributed by atoms with Gasteiger partial charge < -0.3 is 12.3 Å². The van der Waals surface area contributed by atoms with Crippen molar-refractivity contribution in [3.05, 3.63) is 12.3 Å². The summed E-state index contributed by atoms with van der Waals surface area (Å²) in [6.07, 6.45) is 0. The van der Waals surface area contributed by atoms with E-state index in [1.54, 1.807) is 0 Å². The molecule has 0 fully saturated rings. The Hall–Kier alpha value is 3.70. The summed E-state index contributed by atoms with van der Waals surface area (Å²) in [7, 11) is 0. The normalized spacial score (nSPS) is 0. The maximum absolute atomic E-state index is 0. The van der Waals surface area contributed by atoms with Crippen molar-refractivity contribution < 1.29 is 0 Å². The zero-order chi connectivity index (χ0) is 0. The van der Waals surface area contributed by atoms with Crippen LogP contribution in [0, 0.1) is 0 Å². The number of rotatable bonds is 0. The molecule has 4 N–H and O–H groups in total.